The van der Waals surface area contributed by atoms with Gasteiger partial charge in [-0.15, -0.1) is 0 Å². The Hall–Kier alpha value is -2.94. The van der Waals surface area contributed by atoms with Crippen LogP contribution in [0.4, 0.5) is 4.39 Å². The van der Waals surface area contributed by atoms with Crippen molar-refractivity contribution in [1.82, 2.24) is 9.62 Å². The van der Waals surface area contributed by atoms with Gasteiger partial charge in [-0.3, -0.25) is 4.90 Å². The van der Waals surface area contributed by atoms with Crippen molar-refractivity contribution in [2.24, 2.45) is 0 Å². The highest BCUT2D eigenvalue weighted by atomic mass is 32.2. The molecule has 1 aliphatic rings. The van der Waals surface area contributed by atoms with Gasteiger partial charge < -0.3 is 9.47 Å². The molecule has 0 aromatic heterocycles. The highest BCUT2D eigenvalue weighted by molar-refractivity contribution is 7.89. The van der Waals surface area contributed by atoms with Gasteiger partial charge in [0.2, 0.25) is 10.0 Å². The summed E-state index contributed by atoms with van der Waals surface area (Å²) in [6.45, 7) is 1.14. The molecule has 1 heterocycles. The summed E-state index contributed by atoms with van der Waals surface area (Å²) < 4.78 is 53.9. The molecule has 4 rings (SSSR count). The molecule has 1 atom stereocenters. The molecule has 1 aliphatic heterocycles. The molecule has 1 N–H and O–H groups in total. The summed E-state index contributed by atoms with van der Waals surface area (Å²) in [7, 11) is -0.549. The third kappa shape index (κ3) is 5.03. The number of sulfonamides is 1. The predicted molar refractivity (Wildman–Crippen MR) is 124 cm³/mol. The van der Waals surface area contributed by atoms with Crippen molar-refractivity contribution in [3.63, 3.8) is 0 Å². The Kier molecular flexibility index (Phi) is 6.97. The standard InChI is InChI=1S/C25H27FN2O4S/c1-31-24-14-18-12-13-28(17-19-8-6-7-11-22(19)26)23(21(18)15-25(24)32-2)16-27-33(29,30)20-9-4-3-5-10-20/h3-11,14-15,23,27H,12-13,16-17H2,1-2H3. The number of benzene rings is 3. The quantitative estimate of drug-likeness (QED) is 0.541. The Labute approximate surface area is 194 Å². The topological polar surface area (TPSA) is 67.9 Å². The van der Waals surface area contributed by atoms with Gasteiger partial charge in [0.25, 0.3) is 0 Å². The molecular weight excluding hydrogens is 443 g/mol. The maximum Gasteiger partial charge on any atom is 0.240 e. The second-order valence-electron chi connectivity index (χ2n) is 7.90. The van der Waals surface area contributed by atoms with Gasteiger partial charge in [0.05, 0.1) is 19.1 Å². The van der Waals surface area contributed by atoms with E-state index in [0.29, 0.717) is 30.2 Å². The van der Waals surface area contributed by atoms with Crippen LogP contribution in [0.5, 0.6) is 11.5 Å². The summed E-state index contributed by atoms with van der Waals surface area (Å²) in [5.74, 6) is 0.918. The van der Waals surface area contributed by atoms with E-state index in [2.05, 4.69) is 9.62 Å². The van der Waals surface area contributed by atoms with E-state index >= 15 is 0 Å². The third-order valence-corrected chi connectivity index (χ3v) is 7.40. The van der Waals surface area contributed by atoms with E-state index in [-0.39, 0.29) is 23.3 Å². The molecule has 3 aromatic rings. The van der Waals surface area contributed by atoms with Crippen LogP contribution in [0.2, 0.25) is 0 Å². The van der Waals surface area contributed by atoms with E-state index in [0.717, 1.165) is 17.5 Å². The van der Waals surface area contributed by atoms with E-state index < -0.39 is 10.0 Å². The number of rotatable bonds is 8. The fourth-order valence-corrected chi connectivity index (χ4v) is 5.28. The molecule has 0 radical (unpaired) electrons. The minimum atomic E-state index is -3.70. The number of halogens is 1. The van der Waals surface area contributed by atoms with Crippen LogP contribution >= 0.6 is 0 Å². The van der Waals surface area contributed by atoms with Gasteiger partial charge in [-0.25, -0.2) is 17.5 Å². The monoisotopic (exact) mass is 470 g/mol. The zero-order valence-corrected chi connectivity index (χ0v) is 19.4. The summed E-state index contributed by atoms with van der Waals surface area (Å²) in [4.78, 5) is 2.30. The van der Waals surface area contributed by atoms with Crippen LogP contribution in [-0.4, -0.2) is 40.6 Å². The number of ether oxygens (including phenoxy) is 2. The lowest BCUT2D eigenvalue weighted by molar-refractivity contribution is 0.174. The maximum absolute atomic E-state index is 14.4. The Balaban J connectivity index is 1.68. The largest absolute Gasteiger partial charge is 0.493 e. The molecule has 33 heavy (non-hydrogen) atoms. The zero-order valence-electron chi connectivity index (χ0n) is 18.6. The number of nitrogens with zero attached hydrogens (tertiary/aromatic N) is 1. The Morgan fingerprint density at radius 3 is 2.36 bits per heavy atom. The summed E-state index contributed by atoms with van der Waals surface area (Å²) in [6.07, 6.45) is 0.728. The fraction of sp³-hybridized carbons (Fsp3) is 0.280. The van der Waals surface area contributed by atoms with Crippen molar-refractivity contribution in [3.05, 3.63) is 89.2 Å². The Morgan fingerprint density at radius 2 is 1.67 bits per heavy atom. The number of hydrogen-bond donors (Lipinski definition) is 1. The molecule has 0 amide bonds. The van der Waals surface area contributed by atoms with Crippen molar-refractivity contribution in [1.29, 1.82) is 0 Å². The lowest BCUT2D eigenvalue weighted by Crippen LogP contribution is -2.42. The number of fused-ring (bicyclic) bond motifs is 1. The van der Waals surface area contributed by atoms with E-state index in [1.165, 1.54) is 6.07 Å². The first-order chi connectivity index (χ1) is 15.9. The van der Waals surface area contributed by atoms with Gasteiger partial charge in [0.1, 0.15) is 5.82 Å². The number of hydrogen-bond acceptors (Lipinski definition) is 5. The van der Waals surface area contributed by atoms with Crippen LogP contribution in [0.25, 0.3) is 0 Å². The van der Waals surface area contributed by atoms with Crippen molar-refractivity contribution >= 4 is 10.0 Å². The Morgan fingerprint density at radius 1 is 1.00 bits per heavy atom. The average Bonchev–Trinajstić information content (AvgIpc) is 2.84. The van der Waals surface area contributed by atoms with Crippen molar-refractivity contribution in [3.8, 4) is 11.5 Å². The fourth-order valence-electron chi connectivity index (χ4n) is 4.23. The van der Waals surface area contributed by atoms with E-state index in [1.807, 2.05) is 12.1 Å². The molecule has 0 bridgehead atoms. The normalized spacial score (nSPS) is 16.3. The first kappa shape index (κ1) is 23.2. The summed E-state index contributed by atoms with van der Waals surface area (Å²) in [6, 6.07) is 18.4. The summed E-state index contributed by atoms with van der Waals surface area (Å²) in [5, 5.41) is 0. The second-order valence-corrected chi connectivity index (χ2v) is 9.67. The first-order valence-corrected chi connectivity index (χ1v) is 12.2. The van der Waals surface area contributed by atoms with Gasteiger partial charge in [-0.05, 0) is 47.9 Å². The van der Waals surface area contributed by atoms with Crippen LogP contribution in [0.3, 0.4) is 0 Å². The second kappa shape index (κ2) is 9.91. The number of methoxy groups -OCH3 is 2. The van der Waals surface area contributed by atoms with Crippen molar-refractivity contribution < 1.29 is 22.3 Å². The lowest BCUT2D eigenvalue weighted by atomic mass is 9.91. The summed E-state index contributed by atoms with van der Waals surface area (Å²) in [5.41, 5.74) is 2.56. The summed E-state index contributed by atoms with van der Waals surface area (Å²) >= 11 is 0. The van der Waals surface area contributed by atoms with Crippen LogP contribution in [0.15, 0.2) is 71.6 Å². The molecule has 0 spiro atoms. The molecule has 0 saturated heterocycles. The molecule has 0 saturated carbocycles. The lowest BCUT2D eigenvalue weighted by Gasteiger charge is -2.38. The molecule has 1 unspecified atom stereocenters. The van der Waals surface area contributed by atoms with E-state index in [9.17, 15) is 12.8 Å². The average molecular weight is 471 g/mol. The number of nitrogens with one attached hydrogen (secondary N) is 1. The molecule has 174 valence electrons. The minimum Gasteiger partial charge on any atom is -0.493 e. The zero-order chi connectivity index (χ0) is 23.4. The molecule has 0 fully saturated rings. The maximum atomic E-state index is 14.4. The molecule has 3 aromatic carbocycles. The van der Waals surface area contributed by atoms with Gasteiger partial charge in [-0.2, -0.15) is 0 Å². The minimum absolute atomic E-state index is 0.133. The van der Waals surface area contributed by atoms with Gasteiger partial charge in [-0.1, -0.05) is 36.4 Å². The first-order valence-electron chi connectivity index (χ1n) is 10.7. The Bertz CT molecular complexity index is 1220. The van der Waals surface area contributed by atoms with E-state index in [1.54, 1.807) is 62.8 Å². The SMILES string of the molecule is COc1cc2c(cc1OC)C(CNS(=O)(=O)c1ccccc1)N(Cc1ccccc1F)CC2. The van der Waals surface area contributed by atoms with Gasteiger partial charge in [0.15, 0.2) is 11.5 Å². The van der Waals surface area contributed by atoms with Crippen LogP contribution < -0.4 is 14.2 Å². The van der Waals surface area contributed by atoms with Crippen LogP contribution in [0.1, 0.15) is 22.7 Å². The highest BCUT2D eigenvalue weighted by Crippen LogP contribution is 2.38. The smallest absolute Gasteiger partial charge is 0.240 e. The van der Waals surface area contributed by atoms with Crippen molar-refractivity contribution in [2.75, 3.05) is 27.3 Å². The van der Waals surface area contributed by atoms with Crippen molar-refractivity contribution in [2.45, 2.75) is 23.9 Å². The van der Waals surface area contributed by atoms with Crippen LogP contribution in [0, 0.1) is 5.82 Å². The predicted octanol–water partition coefficient (Wildman–Crippen LogP) is 3.92. The van der Waals surface area contributed by atoms with Crippen LogP contribution in [-0.2, 0) is 23.0 Å². The molecule has 6 nitrogen and oxygen atoms in total. The highest BCUT2D eigenvalue weighted by Gasteiger charge is 2.31. The third-order valence-electron chi connectivity index (χ3n) is 5.96. The van der Waals surface area contributed by atoms with Gasteiger partial charge >= 0.3 is 0 Å². The molecule has 8 heteroatoms. The molecular formula is C25H27FN2O4S. The van der Waals surface area contributed by atoms with E-state index in [4.69, 9.17) is 9.47 Å². The molecule has 0 aliphatic carbocycles. The van der Waals surface area contributed by atoms with Gasteiger partial charge in [0, 0.05) is 31.2 Å².